The monoisotopic (exact) mass is 144 g/mol. The van der Waals surface area contributed by atoms with Crippen LogP contribution in [0.1, 0.15) is 6.42 Å². The summed E-state index contributed by atoms with van der Waals surface area (Å²) in [5.74, 6) is -1.68. The summed E-state index contributed by atoms with van der Waals surface area (Å²) in [5, 5.41) is 11.5. The molecule has 0 radical (unpaired) electrons. The van der Waals surface area contributed by atoms with Crippen LogP contribution in [0, 0.1) is 0 Å². The van der Waals surface area contributed by atoms with Crippen LogP contribution in [-0.2, 0) is 9.59 Å². The molecule has 1 unspecified atom stereocenters. The molecule has 1 atom stereocenters. The molecule has 0 aromatic carbocycles. The average Bonchev–Trinajstić information content (AvgIpc) is 2.15. The maximum Gasteiger partial charge on any atom is 0.261 e. The Kier molecular flexibility index (Phi) is 1.37. The average molecular weight is 144 g/mol. The lowest BCUT2D eigenvalue weighted by atomic mass is 10.0. The van der Waals surface area contributed by atoms with Crippen LogP contribution in [0.4, 0.5) is 0 Å². The van der Waals surface area contributed by atoms with Crippen LogP contribution in [0.2, 0.25) is 0 Å². The standard InChI is InChI=1S/C5H8N2O3/c6-3(8)5(10)1-2-7-4(5)9/h10H,1-2H2,(H2,6,8)(H,7,9). The summed E-state index contributed by atoms with van der Waals surface area (Å²) in [4.78, 5) is 21.1. The van der Waals surface area contributed by atoms with Crippen molar-refractivity contribution in [3.8, 4) is 0 Å². The zero-order valence-electron chi connectivity index (χ0n) is 5.26. The van der Waals surface area contributed by atoms with Crippen LogP contribution in [0.5, 0.6) is 0 Å². The maximum atomic E-state index is 10.7. The summed E-state index contributed by atoms with van der Waals surface area (Å²) in [7, 11) is 0. The molecule has 0 saturated carbocycles. The molecule has 0 aromatic heterocycles. The van der Waals surface area contributed by atoms with Crippen LogP contribution in [0.15, 0.2) is 0 Å². The molecule has 1 rings (SSSR count). The predicted molar refractivity (Wildman–Crippen MR) is 31.8 cm³/mol. The number of carbonyl (C=O) groups is 2. The first-order chi connectivity index (χ1) is 4.57. The molecule has 0 spiro atoms. The van der Waals surface area contributed by atoms with Gasteiger partial charge in [0.2, 0.25) is 5.60 Å². The Morgan fingerprint density at radius 3 is 2.60 bits per heavy atom. The van der Waals surface area contributed by atoms with E-state index in [9.17, 15) is 9.59 Å². The van der Waals surface area contributed by atoms with Gasteiger partial charge in [-0.15, -0.1) is 0 Å². The van der Waals surface area contributed by atoms with E-state index in [1.165, 1.54) is 0 Å². The second-order valence-corrected chi connectivity index (χ2v) is 2.23. The first-order valence-corrected chi connectivity index (χ1v) is 2.88. The summed E-state index contributed by atoms with van der Waals surface area (Å²) >= 11 is 0. The largest absolute Gasteiger partial charge is 0.372 e. The highest BCUT2D eigenvalue weighted by Crippen LogP contribution is 2.14. The van der Waals surface area contributed by atoms with E-state index in [0.717, 1.165) is 0 Å². The molecule has 1 heterocycles. The molecule has 4 N–H and O–H groups in total. The zero-order valence-corrected chi connectivity index (χ0v) is 5.26. The molecular weight excluding hydrogens is 136 g/mol. The molecule has 0 aliphatic carbocycles. The van der Waals surface area contributed by atoms with E-state index in [0.29, 0.717) is 6.54 Å². The van der Waals surface area contributed by atoms with Gasteiger partial charge in [0.05, 0.1) is 0 Å². The van der Waals surface area contributed by atoms with Crippen LogP contribution in [-0.4, -0.2) is 29.1 Å². The Labute approximate surface area is 57.2 Å². The molecule has 5 nitrogen and oxygen atoms in total. The fourth-order valence-electron chi connectivity index (χ4n) is 0.852. The van der Waals surface area contributed by atoms with Crippen molar-refractivity contribution < 1.29 is 14.7 Å². The third-order valence-electron chi connectivity index (χ3n) is 1.56. The SMILES string of the molecule is NC(=O)C1(O)CCNC1=O. The Morgan fingerprint density at radius 1 is 1.80 bits per heavy atom. The molecule has 1 saturated heterocycles. The highest BCUT2D eigenvalue weighted by atomic mass is 16.3. The van der Waals surface area contributed by atoms with E-state index >= 15 is 0 Å². The van der Waals surface area contributed by atoms with E-state index in [4.69, 9.17) is 10.8 Å². The molecule has 1 aliphatic rings. The molecule has 0 aromatic rings. The molecule has 56 valence electrons. The maximum absolute atomic E-state index is 10.7. The van der Waals surface area contributed by atoms with Gasteiger partial charge in [0.25, 0.3) is 11.8 Å². The van der Waals surface area contributed by atoms with Gasteiger partial charge in [0.15, 0.2) is 0 Å². The van der Waals surface area contributed by atoms with Gasteiger partial charge in [0.1, 0.15) is 0 Å². The van der Waals surface area contributed by atoms with Gasteiger partial charge in [0, 0.05) is 13.0 Å². The van der Waals surface area contributed by atoms with Crippen LogP contribution >= 0.6 is 0 Å². The number of nitrogens with two attached hydrogens (primary N) is 1. The van der Waals surface area contributed by atoms with Gasteiger partial charge < -0.3 is 16.2 Å². The van der Waals surface area contributed by atoms with Gasteiger partial charge in [-0.25, -0.2) is 0 Å². The van der Waals surface area contributed by atoms with Crippen molar-refractivity contribution >= 4 is 11.8 Å². The quantitative estimate of drug-likeness (QED) is 0.362. The minimum Gasteiger partial charge on any atom is -0.372 e. The fraction of sp³-hybridized carbons (Fsp3) is 0.600. The summed E-state index contributed by atoms with van der Waals surface area (Å²) in [5.41, 5.74) is 2.81. The first-order valence-electron chi connectivity index (χ1n) is 2.88. The second-order valence-electron chi connectivity index (χ2n) is 2.23. The topological polar surface area (TPSA) is 92.4 Å². The third kappa shape index (κ3) is 0.750. The van der Waals surface area contributed by atoms with Crippen molar-refractivity contribution in [2.75, 3.05) is 6.54 Å². The smallest absolute Gasteiger partial charge is 0.261 e. The highest BCUT2D eigenvalue weighted by molar-refractivity contribution is 6.08. The summed E-state index contributed by atoms with van der Waals surface area (Å²) in [6.07, 6.45) is 0.0706. The number of hydrogen-bond donors (Lipinski definition) is 3. The van der Waals surface area contributed by atoms with Crippen molar-refractivity contribution in [1.29, 1.82) is 0 Å². The number of nitrogens with one attached hydrogen (secondary N) is 1. The molecule has 2 amide bonds. The Bertz CT molecular complexity index is 191. The molecule has 10 heavy (non-hydrogen) atoms. The second kappa shape index (κ2) is 1.95. The summed E-state index contributed by atoms with van der Waals surface area (Å²) in [6, 6.07) is 0. The third-order valence-corrected chi connectivity index (χ3v) is 1.56. The molecular formula is C5H8N2O3. The van der Waals surface area contributed by atoms with Gasteiger partial charge in [-0.2, -0.15) is 0 Å². The molecule has 0 bridgehead atoms. The number of carbonyl (C=O) groups excluding carboxylic acids is 2. The predicted octanol–water partition coefficient (Wildman–Crippen LogP) is -2.28. The van der Waals surface area contributed by atoms with Gasteiger partial charge in [-0.3, -0.25) is 9.59 Å². The van der Waals surface area contributed by atoms with Crippen molar-refractivity contribution in [3.63, 3.8) is 0 Å². The summed E-state index contributed by atoms with van der Waals surface area (Å²) in [6.45, 7) is 0.304. The van der Waals surface area contributed by atoms with Gasteiger partial charge in [-0.1, -0.05) is 0 Å². The lowest BCUT2D eigenvalue weighted by Gasteiger charge is -2.12. The van der Waals surface area contributed by atoms with Crippen LogP contribution in [0.3, 0.4) is 0 Å². The number of aliphatic hydroxyl groups is 1. The number of rotatable bonds is 1. The minimum atomic E-state index is -1.96. The lowest BCUT2D eigenvalue weighted by Crippen LogP contribution is -2.49. The first kappa shape index (κ1) is 7.01. The molecule has 1 fully saturated rings. The van der Waals surface area contributed by atoms with Crippen molar-refractivity contribution in [2.24, 2.45) is 5.73 Å². The van der Waals surface area contributed by atoms with Crippen molar-refractivity contribution in [2.45, 2.75) is 12.0 Å². The normalized spacial score (nSPS) is 31.9. The fourth-order valence-corrected chi connectivity index (χ4v) is 0.852. The van der Waals surface area contributed by atoms with E-state index < -0.39 is 17.4 Å². The van der Waals surface area contributed by atoms with Crippen LogP contribution < -0.4 is 11.1 Å². The highest BCUT2D eigenvalue weighted by Gasteiger charge is 2.45. The molecule has 1 aliphatic heterocycles. The van der Waals surface area contributed by atoms with Crippen molar-refractivity contribution in [1.82, 2.24) is 5.32 Å². The van der Waals surface area contributed by atoms with E-state index in [-0.39, 0.29) is 6.42 Å². The number of hydrogen-bond acceptors (Lipinski definition) is 3. The Balaban J connectivity index is 2.86. The Morgan fingerprint density at radius 2 is 2.40 bits per heavy atom. The summed E-state index contributed by atoms with van der Waals surface area (Å²) < 4.78 is 0. The van der Waals surface area contributed by atoms with Gasteiger partial charge >= 0.3 is 0 Å². The van der Waals surface area contributed by atoms with Crippen LogP contribution in [0.25, 0.3) is 0 Å². The molecule has 5 heteroatoms. The van der Waals surface area contributed by atoms with E-state index in [1.807, 2.05) is 0 Å². The van der Waals surface area contributed by atoms with E-state index in [2.05, 4.69) is 5.32 Å². The number of amides is 2. The zero-order chi connectivity index (χ0) is 7.78. The van der Waals surface area contributed by atoms with E-state index in [1.54, 1.807) is 0 Å². The lowest BCUT2D eigenvalue weighted by molar-refractivity contribution is -0.147. The van der Waals surface area contributed by atoms with Gasteiger partial charge in [-0.05, 0) is 0 Å². The van der Waals surface area contributed by atoms with Crippen molar-refractivity contribution in [3.05, 3.63) is 0 Å². The minimum absolute atomic E-state index is 0.0706. The number of primary amides is 1. The Hall–Kier alpha value is -1.10.